The van der Waals surface area contributed by atoms with Crippen LogP contribution in [-0.4, -0.2) is 14.7 Å². The van der Waals surface area contributed by atoms with Gasteiger partial charge in [-0.25, -0.2) is 9.37 Å². The van der Waals surface area contributed by atoms with E-state index in [2.05, 4.69) is 4.98 Å². The third-order valence-corrected chi connectivity index (χ3v) is 4.03. The van der Waals surface area contributed by atoms with Crippen LogP contribution in [0.15, 0.2) is 48.7 Å². The molecule has 0 fully saturated rings. The van der Waals surface area contributed by atoms with E-state index >= 15 is 0 Å². The molecule has 0 saturated carbocycles. The SMILES string of the molecule is Cc1ncc(CO)n1-c1ccc(Cl)cc1Cc1ccccc1F. The van der Waals surface area contributed by atoms with Gasteiger partial charge in [0.25, 0.3) is 0 Å². The van der Waals surface area contributed by atoms with E-state index in [1.165, 1.54) is 6.07 Å². The molecule has 2 aromatic carbocycles. The van der Waals surface area contributed by atoms with Crippen molar-refractivity contribution in [3.63, 3.8) is 0 Å². The van der Waals surface area contributed by atoms with Crippen LogP contribution in [0.4, 0.5) is 4.39 Å². The number of aromatic nitrogens is 2. The Morgan fingerprint density at radius 1 is 1.17 bits per heavy atom. The van der Waals surface area contributed by atoms with Crippen molar-refractivity contribution < 1.29 is 9.50 Å². The Hall–Kier alpha value is -2.17. The largest absolute Gasteiger partial charge is 0.390 e. The van der Waals surface area contributed by atoms with E-state index in [4.69, 9.17) is 11.6 Å². The van der Waals surface area contributed by atoms with Crippen LogP contribution in [0.1, 0.15) is 22.6 Å². The van der Waals surface area contributed by atoms with E-state index in [-0.39, 0.29) is 12.4 Å². The molecule has 3 rings (SSSR count). The number of hydrogen-bond donors (Lipinski definition) is 1. The topological polar surface area (TPSA) is 38.1 Å². The fourth-order valence-corrected chi connectivity index (χ4v) is 2.89. The summed E-state index contributed by atoms with van der Waals surface area (Å²) >= 11 is 6.13. The maximum atomic E-state index is 14.0. The molecular weight excluding hydrogens is 315 g/mol. The van der Waals surface area contributed by atoms with Gasteiger partial charge in [0.15, 0.2) is 0 Å². The molecule has 1 heterocycles. The Balaban J connectivity index is 2.12. The van der Waals surface area contributed by atoms with Crippen LogP contribution in [0, 0.1) is 12.7 Å². The van der Waals surface area contributed by atoms with E-state index in [0.29, 0.717) is 22.7 Å². The van der Waals surface area contributed by atoms with Gasteiger partial charge in [0.05, 0.1) is 24.2 Å². The molecule has 0 amide bonds. The molecule has 0 unspecified atom stereocenters. The quantitative estimate of drug-likeness (QED) is 0.783. The predicted octanol–water partition coefficient (Wildman–Crippen LogP) is 4.06. The van der Waals surface area contributed by atoms with Crippen LogP contribution >= 0.6 is 11.6 Å². The normalized spacial score (nSPS) is 11.0. The highest BCUT2D eigenvalue weighted by Gasteiger charge is 2.14. The first-order valence-corrected chi connectivity index (χ1v) is 7.64. The van der Waals surface area contributed by atoms with Crippen LogP contribution in [0.25, 0.3) is 5.69 Å². The Morgan fingerprint density at radius 2 is 1.96 bits per heavy atom. The average molecular weight is 331 g/mol. The molecule has 5 heteroatoms. The summed E-state index contributed by atoms with van der Waals surface area (Å²) in [4.78, 5) is 4.25. The van der Waals surface area contributed by atoms with Crippen molar-refractivity contribution in [1.82, 2.24) is 9.55 Å². The summed E-state index contributed by atoms with van der Waals surface area (Å²) < 4.78 is 15.9. The van der Waals surface area contributed by atoms with Gasteiger partial charge in [-0.1, -0.05) is 29.8 Å². The summed E-state index contributed by atoms with van der Waals surface area (Å²) in [6.45, 7) is 1.74. The lowest BCUT2D eigenvalue weighted by Gasteiger charge is -2.15. The average Bonchev–Trinajstić information content (AvgIpc) is 2.91. The molecule has 0 aliphatic rings. The zero-order valence-corrected chi connectivity index (χ0v) is 13.4. The fraction of sp³-hybridized carbons (Fsp3) is 0.167. The Morgan fingerprint density at radius 3 is 2.70 bits per heavy atom. The Bertz CT molecular complexity index is 845. The number of nitrogens with zero attached hydrogens (tertiary/aromatic N) is 2. The first-order chi connectivity index (χ1) is 11.1. The van der Waals surface area contributed by atoms with Gasteiger partial charge in [-0.05, 0) is 42.3 Å². The second kappa shape index (κ2) is 6.52. The first-order valence-electron chi connectivity index (χ1n) is 7.26. The zero-order valence-electron chi connectivity index (χ0n) is 12.6. The maximum absolute atomic E-state index is 14.0. The number of benzene rings is 2. The number of rotatable bonds is 4. The lowest BCUT2D eigenvalue weighted by molar-refractivity contribution is 0.274. The van der Waals surface area contributed by atoms with E-state index < -0.39 is 0 Å². The van der Waals surface area contributed by atoms with Gasteiger partial charge in [0.2, 0.25) is 0 Å². The number of imidazole rings is 1. The Labute approximate surface area is 139 Å². The van der Waals surface area contributed by atoms with Crippen molar-refractivity contribution in [2.24, 2.45) is 0 Å². The highest BCUT2D eigenvalue weighted by Crippen LogP contribution is 2.26. The summed E-state index contributed by atoms with van der Waals surface area (Å²) in [5, 5.41) is 10.1. The van der Waals surface area contributed by atoms with Crippen molar-refractivity contribution in [2.45, 2.75) is 20.0 Å². The second-order valence-electron chi connectivity index (χ2n) is 5.33. The minimum Gasteiger partial charge on any atom is -0.390 e. The summed E-state index contributed by atoms with van der Waals surface area (Å²) in [6.07, 6.45) is 2.04. The van der Waals surface area contributed by atoms with Gasteiger partial charge in [0.1, 0.15) is 11.6 Å². The zero-order chi connectivity index (χ0) is 16.4. The van der Waals surface area contributed by atoms with Crippen molar-refractivity contribution in [3.8, 4) is 5.69 Å². The van der Waals surface area contributed by atoms with Crippen LogP contribution in [-0.2, 0) is 13.0 Å². The molecule has 0 bridgehead atoms. The summed E-state index contributed by atoms with van der Waals surface area (Å²) in [5.41, 5.74) is 2.99. The number of halogens is 2. The third kappa shape index (κ3) is 3.14. The van der Waals surface area contributed by atoms with E-state index in [0.717, 1.165) is 17.1 Å². The summed E-state index contributed by atoms with van der Waals surface area (Å²) in [6, 6.07) is 12.2. The minimum atomic E-state index is -0.247. The molecule has 0 atom stereocenters. The smallest absolute Gasteiger partial charge is 0.126 e. The van der Waals surface area contributed by atoms with E-state index in [1.54, 1.807) is 24.4 Å². The van der Waals surface area contributed by atoms with Crippen LogP contribution in [0.3, 0.4) is 0 Å². The van der Waals surface area contributed by atoms with Gasteiger partial charge >= 0.3 is 0 Å². The number of aliphatic hydroxyl groups is 1. The van der Waals surface area contributed by atoms with E-state index in [1.807, 2.05) is 29.7 Å². The molecule has 1 N–H and O–H groups in total. The highest BCUT2D eigenvalue weighted by molar-refractivity contribution is 6.30. The molecule has 0 aliphatic carbocycles. The molecule has 0 spiro atoms. The molecule has 1 aromatic heterocycles. The second-order valence-corrected chi connectivity index (χ2v) is 5.77. The van der Waals surface area contributed by atoms with Gasteiger partial charge in [0, 0.05) is 11.4 Å². The molecule has 3 nitrogen and oxygen atoms in total. The van der Waals surface area contributed by atoms with Crippen LogP contribution in [0.5, 0.6) is 0 Å². The van der Waals surface area contributed by atoms with Gasteiger partial charge in [-0.2, -0.15) is 0 Å². The van der Waals surface area contributed by atoms with Gasteiger partial charge < -0.3 is 5.11 Å². The molecule has 23 heavy (non-hydrogen) atoms. The first kappa shape index (κ1) is 15.7. The minimum absolute atomic E-state index is 0.122. The van der Waals surface area contributed by atoms with Crippen LogP contribution in [0.2, 0.25) is 5.02 Å². The third-order valence-electron chi connectivity index (χ3n) is 3.79. The number of aliphatic hydroxyl groups excluding tert-OH is 1. The van der Waals surface area contributed by atoms with Crippen molar-refractivity contribution >= 4 is 11.6 Å². The predicted molar refractivity (Wildman–Crippen MR) is 88.4 cm³/mol. The monoisotopic (exact) mass is 330 g/mol. The molecular formula is C18H16ClFN2O. The molecule has 3 aromatic rings. The summed E-state index contributed by atoms with van der Waals surface area (Å²) in [7, 11) is 0. The van der Waals surface area contributed by atoms with Gasteiger partial charge in [-0.15, -0.1) is 0 Å². The molecule has 0 aliphatic heterocycles. The number of aryl methyl sites for hydroxylation is 1. The van der Waals surface area contributed by atoms with Crippen LogP contribution < -0.4 is 0 Å². The number of hydrogen-bond acceptors (Lipinski definition) is 2. The fourth-order valence-electron chi connectivity index (χ4n) is 2.69. The Kier molecular flexibility index (Phi) is 4.46. The summed E-state index contributed by atoms with van der Waals surface area (Å²) in [5.74, 6) is 0.509. The highest BCUT2D eigenvalue weighted by atomic mass is 35.5. The molecule has 0 radical (unpaired) electrons. The van der Waals surface area contributed by atoms with Gasteiger partial charge in [-0.3, -0.25) is 4.57 Å². The molecule has 118 valence electrons. The molecule has 0 saturated heterocycles. The standard InChI is InChI=1S/C18H16ClFN2O/c1-12-21-10-16(11-23)22(12)18-7-6-15(19)9-14(18)8-13-4-2-3-5-17(13)20/h2-7,9-10,23H,8,11H2,1H3. The maximum Gasteiger partial charge on any atom is 0.126 e. The lowest BCUT2D eigenvalue weighted by atomic mass is 10.0. The van der Waals surface area contributed by atoms with Crippen molar-refractivity contribution in [2.75, 3.05) is 0 Å². The van der Waals surface area contributed by atoms with Crippen molar-refractivity contribution in [3.05, 3.63) is 82.1 Å². The lowest BCUT2D eigenvalue weighted by Crippen LogP contribution is -2.07. The van der Waals surface area contributed by atoms with Crippen molar-refractivity contribution in [1.29, 1.82) is 0 Å². The van der Waals surface area contributed by atoms with E-state index in [9.17, 15) is 9.50 Å².